The Morgan fingerprint density at radius 3 is 3.00 bits per heavy atom. The lowest BCUT2D eigenvalue weighted by Gasteiger charge is -2.45. The van der Waals surface area contributed by atoms with Crippen LogP contribution in [0.2, 0.25) is 0 Å². The van der Waals surface area contributed by atoms with Gasteiger partial charge in [0.15, 0.2) is 5.82 Å². The van der Waals surface area contributed by atoms with Crippen molar-refractivity contribution in [3.63, 3.8) is 0 Å². The minimum atomic E-state index is 0.166. The Morgan fingerprint density at radius 1 is 1.38 bits per heavy atom. The molecule has 4 heterocycles. The molecule has 2 unspecified atom stereocenters. The molecule has 4 rings (SSSR count). The Balaban J connectivity index is 1.67. The monoisotopic (exact) mass is 392 g/mol. The van der Waals surface area contributed by atoms with Gasteiger partial charge < -0.3 is 15.5 Å². The molecule has 2 aliphatic rings. The number of urea groups is 1. The summed E-state index contributed by atoms with van der Waals surface area (Å²) in [7, 11) is 0. The number of carbonyl (C=O) groups is 1. The van der Waals surface area contributed by atoms with E-state index in [1.165, 1.54) is 0 Å². The van der Waals surface area contributed by atoms with Crippen LogP contribution >= 0.6 is 15.9 Å². The van der Waals surface area contributed by atoms with Gasteiger partial charge in [0.2, 0.25) is 0 Å². The van der Waals surface area contributed by atoms with Crippen molar-refractivity contribution >= 4 is 33.3 Å². The zero-order chi connectivity index (χ0) is 16.8. The number of rotatable bonds is 2. The van der Waals surface area contributed by atoms with Crippen LogP contribution in [0, 0.1) is 0 Å². The highest BCUT2D eigenvalue weighted by Gasteiger charge is 2.38. The van der Waals surface area contributed by atoms with Crippen molar-refractivity contribution in [1.82, 2.24) is 24.2 Å². The predicted octanol–water partition coefficient (Wildman–Crippen LogP) is 2.47. The zero-order valence-electron chi connectivity index (χ0n) is 13.7. The van der Waals surface area contributed by atoms with Gasteiger partial charge in [0, 0.05) is 44.0 Å². The zero-order valence-corrected chi connectivity index (χ0v) is 15.2. The summed E-state index contributed by atoms with van der Waals surface area (Å²) >= 11 is 3.50. The van der Waals surface area contributed by atoms with Crippen LogP contribution in [0.4, 0.5) is 10.6 Å². The van der Waals surface area contributed by atoms with Crippen LogP contribution in [0.5, 0.6) is 0 Å². The van der Waals surface area contributed by atoms with E-state index in [0.29, 0.717) is 23.0 Å². The number of piperidine rings is 1. The third-order valence-corrected chi connectivity index (χ3v) is 5.82. The van der Waals surface area contributed by atoms with Crippen molar-refractivity contribution in [3.8, 4) is 0 Å². The quantitative estimate of drug-likeness (QED) is 0.850. The van der Waals surface area contributed by atoms with Gasteiger partial charge in [-0.2, -0.15) is 0 Å². The summed E-state index contributed by atoms with van der Waals surface area (Å²) in [6, 6.07) is 0.539. The number of anilines is 1. The minimum absolute atomic E-state index is 0.166. The molecule has 2 saturated heterocycles. The average molecular weight is 393 g/mol. The number of amides is 2. The molecule has 0 aromatic carbocycles. The Bertz CT molecular complexity index is 790. The fourth-order valence-corrected chi connectivity index (χ4v) is 4.55. The molecule has 128 valence electrons. The summed E-state index contributed by atoms with van der Waals surface area (Å²) in [5.74, 6) is 1.62. The second kappa shape index (κ2) is 5.91. The number of nitrogens with zero attached hydrogens (tertiary/aromatic N) is 5. The first-order valence-corrected chi connectivity index (χ1v) is 9.23. The van der Waals surface area contributed by atoms with E-state index in [-0.39, 0.29) is 11.9 Å². The topological polar surface area (TPSA) is 79.8 Å². The Morgan fingerprint density at radius 2 is 2.21 bits per heavy atom. The van der Waals surface area contributed by atoms with E-state index in [1.807, 2.05) is 27.3 Å². The molecular formula is C16H21BrN6O. The normalized spacial score (nSPS) is 24.5. The summed E-state index contributed by atoms with van der Waals surface area (Å²) in [5, 5.41) is 0. The highest BCUT2D eigenvalue weighted by molar-refractivity contribution is 9.10. The number of carbonyl (C=O) groups excluding carboxylic acids is 1. The predicted molar refractivity (Wildman–Crippen MR) is 94.8 cm³/mol. The van der Waals surface area contributed by atoms with Gasteiger partial charge in [-0.15, -0.1) is 0 Å². The molecule has 7 nitrogen and oxygen atoms in total. The summed E-state index contributed by atoms with van der Waals surface area (Å²) < 4.78 is 2.72. The molecule has 2 fully saturated rings. The summed E-state index contributed by atoms with van der Waals surface area (Å²) in [4.78, 5) is 25.5. The van der Waals surface area contributed by atoms with E-state index in [0.717, 1.165) is 43.7 Å². The van der Waals surface area contributed by atoms with Crippen LogP contribution in [0.25, 0.3) is 5.52 Å². The van der Waals surface area contributed by atoms with Crippen LogP contribution in [-0.4, -0.2) is 55.9 Å². The van der Waals surface area contributed by atoms with Crippen LogP contribution < -0.4 is 5.73 Å². The van der Waals surface area contributed by atoms with Crippen molar-refractivity contribution in [2.75, 3.05) is 25.4 Å². The molecular weight excluding hydrogens is 372 g/mol. The fraction of sp³-hybridized carbons (Fsp3) is 0.562. The van der Waals surface area contributed by atoms with E-state index in [4.69, 9.17) is 5.73 Å². The maximum atomic E-state index is 12.7. The van der Waals surface area contributed by atoms with Crippen LogP contribution in [0.1, 0.15) is 37.9 Å². The molecule has 0 saturated carbocycles. The molecule has 8 heteroatoms. The Kier molecular flexibility index (Phi) is 3.86. The molecule has 2 amide bonds. The number of hydrogen-bond donors (Lipinski definition) is 1. The molecule has 24 heavy (non-hydrogen) atoms. The lowest BCUT2D eigenvalue weighted by atomic mass is 9.89. The number of hydrogen-bond acceptors (Lipinski definition) is 4. The van der Waals surface area contributed by atoms with E-state index in [2.05, 4.69) is 25.9 Å². The second-order valence-corrected chi connectivity index (χ2v) is 7.27. The van der Waals surface area contributed by atoms with Gasteiger partial charge >= 0.3 is 6.03 Å². The molecule has 2 aromatic heterocycles. The first kappa shape index (κ1) is 15.7. The van der Waals surface area contributed by atoms with E-state index >= 15 is 0 Å². The molecule has 0 bridgehead atoms. The average Bonchev–Trinajstić information content (AvgIpc) is 2.93. The fourth-order valence-electron chi connectivity index (χ4n) is 3.98. The summed E-state index contributed by atoms with van der Waals surface area (Å²) in [6.45, 7) is 4.40. The summed E-state index contributed by atoms with van der Waals surface area (Å²) in [6.07, 6.45) is 6.71. The maximum Gasteiger partial charge on any atom is 0.320 e. The van der Waals surface area contributed by atoms with E-state index in [1.54, 1.807) is 6.20 Å². The van der Waals surface area contributed by atoms with Crippen LogP contribution in [-0.2, 0) is 0 Å². The highest BCUT2D eigenvalue weighted by Crippen LogP contribution is 2.35. The number of fused-ring (bicyclic) bond motifs is 2. The third kappa shape index (κ3) is 2.35. The first-order chi connectivity index (χ1) is 11.6. The lowest BCUT2D eigenvalue weighted by Crippen LogP contribution is -2.57. The number of halogens is 1. The van der Waals surface area contributed by atoms with Crippen molar-refractivity contribution in [1.29, 1.82) is 0 Å². The van der Waals surface area contributed by atoms with E-state index in [9.17, 15) is 4.79 Å². The minimum Gasteiger partial charge on any atom is -0.382 e. The van der Waals surface area contributed by atoms with Gasteiger partial charge in [-0.1, -0.05) is 0 Å². The smallest absolute Gasteiger partial charge is 0.320 e. The number of nitrogens with two attached hydrogens (primary N) is 1. The van der Waals surface area contributed by atoms with Gasteiger partial charge in [0.25, 0.3) is 0 Å². The van der Waals surface area contributed by atoms with Gasteiger partial charge in [-0.3, -0.25) is 4.40 Å². The first-order valence-electron chi connectivity index (χ1n) is 8.43. The standard InChI is InChI=1S/C16H21BrN6O/c1-2-21-7-5-11-4-3-10(9-23(11)16(21)24)15-20-13(17)12-14(18)19-6-8-22(12)15/h6,8,10-11H,2-5,7,9H2,1H3,(H2,18,19). The van der Waals surface area contributed by atoms with Crippen molar-refractivity contribution < 1.29 is 4.79 Å². The van der Waals surface area contributed by atoms with Crippen molar-refractivity contribution in [2.24, 2.45) is 0 Å². The Labute approximate surface area is 149 Å². The lowest BCUT2D eigenvalue weighted by molar-refractivity contribution is 0.0737. The number of nitrogen functional groups attached to an aromatic ring is 1. The van der Waals surface area contributed by atoms with Gasteiger partial charge in [0.05, 0.1) is 0 Å². The molecule has 2 atom stereocenters. The van der Waals surface area contributed by atoms with Crippen molar-refractivity contribution in [3.05, 3.63) is 22.8 Å². The molecule has 2 aliphatic heterocycles. The summed E-state index contributed by atoms with van der Waals surface area (Å²) in [5.41, 5.74) is 6.79. The second-order valence-electron chi connectivity index (χ2n) is 6.52. The van der Waals surface area contributed by atoms with E-state index < -0.39 is 0 Å². The van der Waals surface area contributed by atoms with Gasteiger partial charge in [-0.25, -0.2) is 14.8 Å². The Hall–Kier alpha value is -1.83. The highest BCUT2D eigenvalue weighted by atomic mass is 79.9. The molecule has 2 N–H and O–H groups in total. The SMILES string of the molecule is CCN1CCC2CCC(c3nc(Br)c4c(N)nccn34)CN2C1=O. The molecule has 0 radical (unpaired) electrons. The third-order valence-electron chi connectivity index (χ3n) is 5.27. The maximum absolute atomic E-state index is 12.7. The van der Waals surface area contributed by atoms with Crippen LogP contribution in [0.3, 0.4) is 0 Å². The van der Waals surface area contributed by atoms with Crippen LogP contribution in [0.15, 0.2) is 17.0 Å². The van der Waals surface area contributed by atoms with Gasteiger partial charge in [0.1, 0.15) is 15.9 Å². The van der Waals surface area contributed by atoms with Gasteiger partial charge in [-0.05, 0) is 42.1 Å². The molecule has 0 spiro atoms. The molecule has 0 aliphatic carbocycles. The van der Waals surface area contributed by atoms with Crippen molar-refractivity contribution in [2.45, 2.75) is 38.1 Å². The molecule has 2 aromatic rings. The number of aromatic nitrogens is 3. The number of imidazole rings is 1. The largest absolute Gasteiger partial charge is 0.382 e.